The number of nitriles is 1. The Kier molecular flexibility index (Phi) is 4.65. The van der Waals surface area contributed by atoms with Crippen molar-refractivity contribution in [1.82, 2.24) is 0 Å². The van der Waals surface area contributed by atoms with Crippen molar-refractivity contribution in [2.45, 2.75) is 26.7 Å². The molecule has 3 nitrogen and oxygen atoms in total. The molecule has 0 spiro atoms. The number of nitrogens with two attached hydrogens (primary N) is 1. The van der Waals surface area contributed by atoms with E-state index < -0.39 is 0 Å². The van der Waals surface area contributed by atoms with E-state index in [0.717, 1.165) is 31.6 Å². The van der Waals surface area contributed by atoms with E-state index in [0.29, 0.717) is 11.3 Å². The molecule has 2 N–H and O–H groups in total. The molecule has 1 aromatic rings. The average molecular weight is 217 g/mol. The van der Waals surface area contributed by atoms with Gasteiger partial charge in [0.1, 0.15) is 0 Å². The van der Waals surface area contributed by atoms with E-state index in [-0.39, 0.29) is 0 Å². The summed E-state index contributed by atoms with van der Waals surface area (Å²) in [4.78, 5) is 2.27. The molecule has 0 heterocycles. The molecular formula is C13H19N3. The summed E-state index contributed by atoms with van der Waals surface area (Å²) in [6.07, 6.45) is 2.19. The molecule has 0 unspecified atom stereocenters. The fourth-order valence-electron chi connectivity index (χ4n) is 1.80. The molecule has 0 aliphatic heterocycles. The van der Waals surface area contributed by atoms with Gasteiger partial charge >= 0.3 is 0 Å². The Morgan fingerprint density at radius 3 is 2.31 bits per heavy atom. The van der Waals surface area contributed by atoms with Crippen molar-refractivity contribution in [3.63, 3.8) is 0 Å². The Morgan fingerprint density at radius 1 is 1.25 bits per heavy atom. The van der Waals surface area contributed by atoms with Gasteiger partial charge in [0.15, 0.2) is 0 Å². The van der Waals surface area contributed by atoms with Gasteiger partial charge in [-0.1, -0.05) is 13.8 Å². The van der Waals surface area contributed by atoms with Crippen LogP contribution >= 0.6 is 0 Å². The number of hydrogen-bond donors (Lipinski definition) is 1. The van der Waals surface area contributed by atoms with Gasteiger partial charge in [0.05, 0.1) is 23.0 Å². The summed E-state index contributed by atoms with van der Waals surface area (Å²) in [6, 6.07) is 7.61. The van der Waals surface area contributed by atoms with Crippen LogP contribution < -0.4 is 10.6 Å². The summed E-state index contributed by atoms with van der Waals surface area (Å²) in [7, 11) is 0. The lowest BCUT2D eigenvalue weighted by molar-refractivity contribution is 0.746. The Bertz CT molecular complexity index is 373. The summed E-state index contributed by atoms with van der Waals surface area (Å²) in [6.45, 7) is 6.32. The van der Waals surface area contributed by atoms with Crippen molar-refractivity contribution in [2.75, 3.05) is 23.7 Å². The van der Waals surface area contributed by atoms with Gasteiger partial charge < -0.3 is 10.6 Å². The van der Waals surface area contributed by atoms with Gasteiger partial charge in [-0.05, 0) is 31.0 Å². The van der Waals surface area contributed by atoms with Crippen LogP contribution in [0.4, 0.5) is 11.4 Å². The third-order valence-electron chi connectivity index (χ3n) is 2.48. The summed E-state index contributed by atoms with van der Waals surface area (Å²) in [5.74, 6) is 0. The highest BCUT2D eigenvalue weighted by Crippen LogP contribution is 2.24. The molecule has 0 aliphatic rings. The first kappa shape index (κ1) is 12.4. The lowest BCUT2D eigenvalue weighted by Crippen LogP contribution is -2.25. The number of anilines is 2. The van der Waals surface area contributed by atoms with Crippen LogP contribution in [-0.2, 0) is 0 Å². The minimum absolute atomic E-state index is 0.620. The van der Waals surface area contributed by atoms with Crippen molar-refractivity contribution in [2.24, 2.45) is 0 Å². The molecule has 3 heteroatoms. The van der Waals surface area contributed by atoms with Gasteiger partial charge in [0.25, 0.3) is 0 Å². The maximum Gasteiger partial charge on any atom is 0.0992 e. The quantitative estimate of drug-likeness (QED) is 0.771. The maximum absolute atomic E-state index is 8.78. The molecule has 1 aromatic carbocycles. The van der Waals surface area contributed by atoms with Gasteiger partial charge in [-0.25, -0.2) is 0 Å². The second kappa shape index (κ2) is 6.02. The molecule has 0 aliphatic carbocycles. The molecule has 0 fully saturated rings. The summed E-state index contributed by atoms with van der Waals surface area (Å²) in [5, 5.41) is 8.78. The fraction of sp³-hybridized carbons (Fsp3) is 0.462. The molecule has 0 aromatic heterocycles. The third-order valence-corrected chi connectivity index (χ3v) is 2.48. The number of rotatable bonds is 5. The van der Waals surface area contributed by atoms with Gasteiger partial charge in [0.2, 0.25) is 0 Å². The highest BCUT2D eigenvalue weighted by atomic mass is 15.1. The number of nitrogen functional groups attached to an aromatic ring is 1. The van der Waals surface area contributed by atoms with Crippen molar-refractivity contribution in [3.8, 4) is 6.07 Å². The van der Waals surface area contributed by atoms with Gasteiger partial charge in [-0.3, -0.25) is 0 Å². The molecule has 0 atom stereocenters. The predicted octanol–water partition coefficient (Wildman–Crippen LogP) is 2.77. The molecule has 86 valence electrons. The zero-order chi connectivity index (χ0) is 12.0. The topological polar surface area (TPSA) is 53.0 Å². The highest BCUT2D eigenvalue weighted by molar-refractivity contribution is 5.69. The fourth-order valence-corrected chi connectivity index (χ4v) is 1.80. The Hall–Kier alpha value is -1.69. The van der Waals surface area contributed by atoms with Crippen LogP contribution in [0.2, 0.25) is 0 Å². The molecule has 16 heavy (non-hydrogen) atoms. The minimum atomic E-state index is 0.620. The van der Waals surface area contributed by atoms with Crippen LogP contribution in [0.15, 0.2) is 18.2 Å². The van der Waals surface area contributed by atoms with Gasteiger partial charge in [0, 0.05) is 13.1 Å². The van der Waals surface area contributed by atoms with Crippen LogP contribution in [0.3, 0.4) is 0 Å². The van der Waals surface area contributed by atoms with Crippen molar-refractivity contribution in [3.05, 3.63) is 23.8 Å². The van der Waals surface area contributed by atoms with Crippen LogP contribution in [0.25, 0.3) is 0 Å². The van der Waals surface area contributed by atoms with Crippen LogP contribution in [0.1, 0.15) is 32.3 Å². The first-order valence-electron chi connectivity index (χ1n) is 5.77. The van der Waals surface area contributed by atoms with E-state index in [4.69, 9.17) is 11.0 Å². The van der Waals surface area contributed by atoms with Crippen molar-refractivity contribution < 1.29 is 0 Å². The van der Waals surface area contributed by atoms with Crippen molar-refractivity contribution >= 4 is 11.4 Å². The Balaban J connectivity index is 2.96. The largest absolute Gasteiger partial charge is 0.397 e. The van der Waals surface area contributed by atoms with Gasteiger partial charge in [-0.15, -0.1) is 0 Å². The third kappa shape index (κ3) is 2.90. The van der Waals surface area contributed by atoms with E-state index in [9.17, 15) is 0 Å². The normalized spacial score (nSPS) is 9.81. The lowest BCUT2D eigenvalue weighted by atomic mass is 10.1. The van der Waals surface area contributed by atoms with Crippen LogP contribution in [0.5, 0.6) is 0 Å². The Morgan fingerprint density at radius 2 is 1.88 bits per heavy atom. The minimum Gasteiger partial charge on any atom is -0.397 e. The molecule has 0 amide bonds. The number of benzene rings is 1. The number of nitrogens with zero attached hydrogens (tertiary/aromatic N) is 2. The highest BCUT2D eigenvalue weighted by Gasteiger charge is 2.08. The lowest BCUT2D eigenvalue weighted by Gasteiger charge is -2.25. The second-order valence-corrected chi connectivity index (χ2v) is 3.87. The van der Waals surface area contributed by atoms with E-state index in [1.54, 1.807) is 6.07 Å². The molecule has 0 bridgehead atoms. The predicted molar refractivity (Wildman–Crippen MR) is 68.4 cm³/mol. The summed E-state index contributed by atoms with van der Waals surface area (Å²) in [5.41, 5.74) is 8.32. The SMILES string of the molecule is CCCN(CCC)c1ccc(C#N)cc1N. The molecular weight excluding hydrogens is 198 g/mol. The number of hydrogen-bond acceptors (Lipinski definition) is 3. The van der Waals surface area contributed by atoms with E-state index in [1.165, 1.54) is 0 Å². The summed E-state index contributed by atoms with van der Waals surface area (Å²) < 4.78 is 0. The van der Waals surface area contributed by atoms with E-state index in [2.05, 4.69) is 24.8 Å². The maximum atomic E-state index is 8.78. The monoisotopic (exact) mass is 217 g/mol. The first-order valence-corrected chi connectivity index (χ1v) is 5.77. The standard InChI is InChI=1S/C13H19N3/c1-3-7-16(8-4-2)13-6-5-11(10-14)9-12(13)15/h5-6,9H,3-4,7-8,15H2,1-2H3. The smallest absolute Gasteiger partial charge is 0.0992 e. The zero-order valence-corrected chi connectivity index (χ0v) is 10.0. The Labute approximate surface area is 97.5 Å². The van der Waals surface area contributed by atoms with E-state index in [1.807, 2.05) is 12.1 Å². The van der Waals surface area contributed by atoms with Gasteiger partial charge in [-0.2, -0.15) is 5.26 Å². The second-order valence-electron chi connectivity index (χ2n) is 3.87. The van der Waals surface area contributed by atoms with E-state index >= 15 is 0 Å². The van der Waals surface area contributed by atoms with Crippen molar-refractivity contribution in [1.29, 1.82) is 5.26 Å². The van der Waals surface area contributed by atoms with Crippen LogP contribution in [0, 0.1) is 11.3 Å². The molecule has 0 saturated carbocycles. The average Bonchev–Trinajstić information content (AvgIpc) is 2.29. The van der Waals surface area contributed by atoms with Crippen LogP contribution in [-0.4, -0.2) is 13.1 Å². The first-order chi connectivity index (χ1) is 7.72. The summed E-state index contributed by atoms with van der Waals surface area (Å²) >= 11 is 0. The molecule has 0 radical (unpaired) electrons. The molecule has 0 saturated heterocycles. The zero-order valence-electron chi connectivity index (χ0n) is 10.0. The molecule has 1 rings (SSSR count).